The number of hydrogen-bond acceptors (Lipinski definition) is 3. The Morgan fingerprint density at radius 2 is 1.85 bits per heavy atom. The van der Waals surface area contributed by atoms with Gasteiger partial charge in [0.25, 0.3) is 0 Å². The second-order valence-electron chi connectivity index (χ2n) is 3.30. The number of primary amides is 1. The third kappa shape index (κ3) is 2.69. The largest absolute Gasteiger partial charge is 0.368 e. The van der Waals surface area contributed by atoms with E-state index in [2.05, 4.69) is 0 Å². The number of carbonyl (C=O) groups is 2. The monoisotopic (exact) mass is 185 g/mol. The van der Waals surface area contributed by atoms with Gasteiger partial charge >= 0.3 is 0 Å². The summed E-state index contributed by atoms with van der Waals surface area (Å²) in [7, 11) is 0. The van der Waals surface area contributed by atoms with Crippen LogP contribution in [-0.4, -0.2) is 35.8 Å². The Labute approximate surface area is 77.1 Å². The first-order valence-electron chi connectivity index (χ1n) is 4.44. The van der Waals surface area contributed by atoms with Crippen molar-refractivity contribution in [1.29, 1.82) is 0 Å². The van der Waals surface area contributed by atoms with E-state index >= 15 is 0 Å². The van der Waals surface area contributed by atoms with Gasteiger partial charge in [0.1, 0.15) is 0 Å². The van der Waals surface area contributed by atoms with Gasteiger partial charge in [-0.2, -0.15) is 0 Å². The second kappa shape index (κ2) is 4.23. The third-order valence-corrected chi connectivity index (χ3v) is 2.22. The summed E-state index contributed by atoms with van der Waals surface area (Å²) in [6, 6.07) is -0.840. The maximum atomic E-state index is 11.4. The first-order chi connectivity index (χ1) is 6.11. The molecule has 13 heavy (non-hydrogen) atoms. The molecule has 1 aliphatic heterocycles. The zero-order valence-electron chi connectivity index (χ0n) is 7.53. The average Bonchev–Trinajstić information content (AvgIpc) is 2.55. The molecule has 0 aromatic carbocycles. The summed E-state index contributed by atoms with van der Waals surface area (Å²) in [5.41, 5.74) is 10.3. The van der Waals surface area contributed by atoms with Crippen molar-refractivity contribution in [2.45, 2.75) is 25.3 Å². The minimum Gasteiger partial charge on any atom is -0.368 e. The SMILES string of the molecule is NC(=O)[C@H](N)CC(=O)N1CCCC1. The highest BCUT2D eigenvalue weighted by atomic mass is 16.2. The molecule has 74 valence electrons. The Morgan fingerprint density at radius 3 is 2.31 bits per heavy atom. The zero-order chi connectivity index (χ0) is 9.84. The van der Waals surface area contributed by atoms with Crippen molar-refractivity contribution < 1.29 is 9.59 Å². The molecule has 1 heterocycles. The molecule has 1 rings (SSSR count). The van der Waals surface area contributed by atoms with E-state index in [4.69, 9.17) is 11.5 Å². The van der Waals surface area contributed by atoms with Crippen LogP contribution in [0.15, 0.2) is 0 Å². The van der Waals surface area contributed by atoms with Crippen molar-refractivity contribution in [3.05, 3.63) is 0 Å². The molecule has 0 aromatic rings. The predicted molar refractivity (Wildman–Crippen MR) is 47.6 cm³/mol. The predicted octanol–water partition coefficient (Wildman–Crippen LogP) is -1.19. The second-order valence-corrected chi connectivity index (χ2v) is 3.30. The van der Waals surface area contributed by atoms with E-state index in [1.54, 1.807) is 4.90 Å². The van der Waals surface area contributed by atoms with Gasteiger partial charge in [-0.25, -0.2) is 0 Å². The zero-order valence-corrected chi connectivity index (χ0v) is 7.53. The number of nitrogens with zero attached hydrogens (tertiary/aromatic N) is 1. The minimum atomic E-state index is -0.840. The first kappa shape index (κ1) is 9.98. The lowest BCUT2D eigenvalue weighted by Gasteiger charge is -2.16. The van der Waals surface area contributed by atoms with Gasteiger partial charge in [-0.05, 0) is 12.8 Å². The Balaban J connectivity index is 2.35. The molecule has 2 amide bonds. The number of amides is 2. The highest BCUT2D eigenvalue weighted by Crippen LogP contribution is 2.09. The quantitative estimate of drug-likeness (QED) is 0.579. The van der Waals surface area contributed by atoms with Crippen molar-refractivity contribution in [1.82, 2.24) is 4.90 Å². The number of rotatable bonds is 3. The Morgan fingerprint density at radius 1 is 1.31 bits per heavy atom. The van der Waals surface area contributed by atoms with Crippen molar-refractivity contribution >= 4 is 11.8 Å². The molecule has 0 unspecified atom stereocenters. The molecule has 1 aliphatic rings. The van der Waals surface area contributed by atoms with Crippen LogP contribution in [0.25, 0.3) is 0 Å². The minimum absolute atomic E-state index is 0.0370. The van der Waals surface area contributed by atoms with Crippen molar-refractivity contribution in [3.63, 3.8) is 0 Å². The van der Waals surface area contributed by atoms with E-state index in [0.717, 1.165) is 25.9 Å². The van der Waals surface area contributed by atoms with Gasteiger partial charge in [0, 0.05) is 13.1 Å². The maximum Gasteiger partial charge on any atom is 0.234 e. The fourth-order valence-electron chi connectivity index (χ4n) is 1.38. The first-order valence-corrected chi connectivity index (χ1v) is 4.44. The van der Waals surface area contributed by atoms with Gasteiger partial charge in [-0.3, -0.25) is 9.59 Å². The fourth-order valence-corrected chi connectivity index (χ4v) is 1.38. The molecule has 5 nitrogen and oxygen atoms in total. The smallest absolute Gasteiger partial charge is 0.234 e. The maximum absolute atomic E-state index is 11.4. The molecular formula is C8H15N3O2. The van der Waals surface area contributed by atoms with E-state index < -0.39 is 11.9 Å². The van der Waals surface area contributed by atoms with E-state index in [-0.39, 0.29) is 12.3 Å². The number of carbonyl (C=O) groups excluding carboxylic acids is 2. The van der Waals surface area contributed by atoms with Gasteiger partial charge in [0.2, 0.25) is 11.8 Å². The summed E-state index contributed by atoms with van der Waals surface area (Å²) in [6.45, 7) is 1.56. The van der Waals surface area contributed by atoms with Crippen molar-refractivity contribution in [2.75, 3.05) is 13.1 Å². The Hall–Kier alpha value is -1.10. The average molecular weight is 185 g/mol. The molecule has 5 heteroatoms. The lowest BCUT2D eigenvalue weighted by atomic mass is 10.2. The van der Waals surface area contributed by atoms with E-state index in [0.29, 0.717) is 0 Å². The van der Waals surface area contributed by atoms with Crippen LogP contribution in [0.2, 0.25) is 0 Å². The van der Waals surface area contributed by atoms with Gasteiger partial charge < -0.3 is 16.4 Å². The summed E-state index contributed by atoms with van der Waals surface area (Å²) in [5.74, 6) is -0.684. The lowest BCUT2D eigenvalue weighted by Crippen LogP contribution is -2.41. The molecule has 0 spiro atoms. The molecule has 4 N–H and O–H groups in total. The number of nitrogens with two attached hydrogens (primary N) is 2. The highest BCUT2D eigenvalue weighted by Gasteiger charge is 2.21. The van der Waals surface area contributed by atoms with Crippen LogP contribution >= 0.6 is 0 Å². The lowest BCUT2D eigenvalue weighted by molar-refractivity contribution is -0.132. The van der Waals surface area contributed by atoms with Crippen LogP contribution in [0.4, 0.5) is 0 Å². The van der Waals surface area contributed by atoms with E-state index in [1.165, 1.54) is 0 Å². The summed E-state index contributed by atoms with van der Waals surface area (Å²) in [6.07, 6.45) is 2.12. The molecule has 0 aliphatic carbocycles. The normalized spacial score (nSPS) is 18.7. The summed E-state index contributed by atoms with van der Waals surface area (Å²) >= 11 is 0. The van der Waals surface area contributed by atoms with Crippen LogP contribution in [-0.2, 0) is 9.59 Å². The fraction of sp³-hybridized carbons (Fsp3) is 0.750. The van der Waals surface area contributed by atoms with Gasteiger partial charge in [-0.1, -0.05) is 0 Å². The summed E-state index contributed by atoms with van der Waals surface area (Å²) in [4.78, 5) is 23.7. The highest BCUT2D eigenvalue weighted by molar-refractivity contribution is 5.87. The van der Waals surface area contributed by atoms with Gasteiger partial charge in [0.05, 0.1) is 12.5 Å². The Kier molecular flexibility index (Phi) is 3.25. The molecule has 0 aromatic heterocycles. The summed E-state index contributed by atoms with van der Waals surface area (Å²) < 4.78 is 0. The van der Waals surface area contributed by atoms with Crippen LogP contribution in [0, 0.1) is 0 Å². The number of likely N-dealkylation sites (tertiary alicyclic amines) is 1. The number of hydrogen-bond donors (Lipinski definition) is 2. The molecule has 1 fully saturated rings. The van der Waals surface area contributed by atoms with E-state index in [1.807, 2.05) is 0 Å². The molecule has 0 saturated carbocycles. The van der Waals surface area contributed by atoms with Crippen molar-refractivity contribution in [3.8, 4) is 0 Å². The summed E-state index contributed by atoms with van der Waals surface area (Å²) in [5, 5.41) is 0. The molecule has 1 saturated heterocycles. The van der Waals surface area contributed by atoms with Crippen LogP contribution < -0.4 is 11.5 Å². The topological polar surface area (TPSA) is 89.4 Å². The van der Waals surface area contributed by atoms with Gasteiger partial charge in [-0.15, -0.1) is 0 Å². The molecule has 0 radical (unpaired) electrons. The van der Waals surface area contributed by atoms with E-state index in [9.17, 15) is 9.59 Å². The Bertz CT molecular complexity index is 211. The van der Waals surface area contributed by atoms with Crippen LogP contribution in [0.3, 0.4) is 0 Å². The molecule has 1 atom stereocenters. The van der Waals surface area contributed by atoms with Gasteiger partial charge in [0.15, 0.2) is 0 Å². The van der Waals surface area contributed by atoms with Crippen LogP contribution in [0.1, 0.15) is 19.3 Å². The molecular weight excluding hydrogens is 170 g/mol. The standard InChI is InChI=1S/C8H15N3O2/c9-6(8(10)13)5-7(12)11-3-1-2-4-11/h6H,1-5,9H2,(H2,10,13)/t6-/m1/s1. The van der Waals surface area contributed by atoms with Crippen molar-refractivity contribution in [2.24, 2.45) is 11.5 Å². The van der Waals surface area contributed by atoms with Crippen LogP contribution in [0.5, 0.6) is 0 Å². The third-order valence-electron chi connectivity index (χ3n) is 2.22. The molecule has 0 bridgehead atoms.